The number of aliphatic hydroxyl groups is 1. The molecule has 0 aliphatic rings. The lowest BCUT2D eigenvalue weighted by Gasteiger charge is -2.26. The molecular weight excluding hydrogens is 212 g/mol. The van der Waals surface area contributed by atoms with Gasteiger partial charge in [0.25, 0.3) is 0 Å². The van der Waals surface area contributed by atoms with Crippen LogP contribution in [0.1, 0.15) is 26.7 Å². The van der Waals surface area contributed by atoms with E-state index in [0.717, 1.165) is 18.5 Å². The Morgan fingerprint density at radius 2 is 1.65 bits per heavy atom. The standard InChI is InChI=1S/C14H24N2O/c1-5-14(17,6-2)11-15-12-7-9-13(10-8-12)16(3)4/h7-10,15,17H,5-6,11H2,1-4H3. The van der Waals surface area contributed by atoms with E-state index < -0.39 is 5.60 Å². The Labute approximate surface area is 104 Å². The van der Waals surface area contributed by atoms with Crippen LogP contribution in [0.4, 0.5) is 11.4 Å². The maximum absolute atomic E-state index is 10.2. The summed E-state index contributed by atoms with van der Waals surface area (Å²) in [6.45, 7) is 4.63. The molecule has 2 N–H and O–H groups in total. The van der Waals surface area contributed by atoms with Crippen LogP contribution in [0.2, 0.25) is 0 Å². The highest BCUT2D eigenvalue weighted by Crippen LogP contribution is 2.19. The summed E-state index contributed by atoms with van der Waals surface area (Å²) in [6, 6.07) is 8.22. The van der Waals surface area contributed by atoms with E-state index in [1.807, 2.05) is 40.1 Å². The fourth-order valence-corrected chi connectivity index (χ4v) is 1.64. The van der Waals surface area contributed by atoms with Crippen molar-refractivity contribution in [1.82, 2.24) is 0 Å². The number of hydrogen-bond acceptors (Lipinski definition) is 3. The van der Waals surface area contributed by atoms with Gasteiger partial charge in [-0.25, -0.2) is 0 Å². The molecule has 0 radical (unpaired) electrons. The van der Waals surface area contributed by atoms with Crippen molar-refractivity contribution in [2.24, 2.45) is 0 Å². The van der Waals surface area contributed by atoms with Gasteiger partial charge in [0.05, 0.1) is 5.60 Å². The summed E-state index contributed by atoms with van der Waals surface area (Å²) in [5.41, 5.74) is 1.63. The summed E-state index contributed by atoms with van der Waals surface area (Å²) < 4.78 is 0. The molecule has 0 aliphatic heterocycles. The highest BCUT2D eigenvalue weighted by atomic mass is 16.3. The summed E-state index contributed by atoms with van der Waals surface area (Å²) in [7, 11) is 4.05. The highest BCUT2D eigenvalue weighted by Gasteiger charge is 2.21. The first-order chi connectivity index (χ1) is 8.00. The molecular formula is C14H24N2O. The quantitative estimate of drug-likeness (QED) is 0.797. The molecule has 0 heterocycles. The summed E-state index contributed by atoms with van der Waals surface area (Å²) in [5.74, 6) is 0. The molecule has 0 aromatic heterocycles. The molecule has 3 heteroatoms. The molecule has 0 bridgehead atoms. The molecule has 0 aliphatic carbocycles. The zero-order valence-electron chi connectivity index (χ0n) is 11.3. The third kappa shape index (κ3) is 3.93. The third-order valence-electron chi connectivity index (χ3n) is 3.32. The van der Waals surface area contributed by atoms with Crippen LogP contribution in [0.5, 0.6) is 0 Å². The zero-order chi connectivity index (χ0) is 12.9. The van der Waals surface area contributed by atoms with E-state index in [-0.39, 0.29) is 0 Å². The minimum atomic E-state index is -0.597. The van der Waals surface area contributed by atoms with Crippen LogP contribution in [0.15, 0.2) is 24.3 Å². The lowest BCUT2D eigenvalue weighted by atomic mass is 9.97. The van der Waals surface area contributed by atoms with E-state index >= 15 is 0 Å². The molecule has 0 saturated carbocycles. The van der Waals surface area contributed by atoms with Crippen molar-refractivity contribution in [3.63, 3.8) is 0 Å². The van der Waals surface area contributed by atoms with E-state index in [1.54, 1.807) is 0 Å². The third-order valence-corrected chi connectivity index (χ3v) is 3.32. The smallest absolute Gasteiger partial charge is 0.0814 e. The summed E-state index contributed by atoms with van der Waals surface area (Å²) in [5, 5.41) is 13.4. The number of hydrogen-bond donors (Lipinski definition) is 2. The van der Waals surface area contributed by atoms with Gasteiger partial charge in [0.15, 0.2) is 0 Å². The molecule has 0 spiro atoms. The number of nitrogens with one attached hydrogen (secondary N) is 1. The van der Waals surface area contributed by atoms with Crippen molar-refractivity contribution in [3.8, 4) is 0 Å². The van der Waals surface area contributed by atoms with Crippen molar-refractivity contribution >= 4 is 11.4 Å². The molecule has 0 amide bonds. The molecule has 3 nitrogen and oxygen atoms in total. The Bertz CT molecular complexity index is 329. The molecule has 1 aromatic rings. The van der Waals surface area contributed by atoms with Gasteiger partial charge in [0.1, 0.15) is 0 Å². The second-order valence-corrected chi connectivity index (χ2v) is 4.73. The Hall–Kier alpha value is -1.22. The van der Waals surface area contributed by atoms with Gasteiger partial charge in [0, 0.05) is 32.0 Å². The summed E-state index contributed by atoms with van der Waals surface area (Å²) >= 11 is 0. The Morgan fingerprint density at radius 1 is 1.12 bits per heavy atom. The number of rotatable bonds is 6. The van der Waals surface area contributed by atoms with E-state index in [0.29, 0.717) is 6.54 Å². The van der Waals surface area contributed by atoms with Crippen LogP contribution >= 0.6 is 0 Å². The largest absolute Gasteiger partial charge is 0.388 e. The van der Waals surface area contributed by atoms with Crippen molar-refractivity contribution in [2.75, 3.05) is 30.9 Å². The average Bonchev–Trinajstić information content (AvgIpc) is 2.36. The van der Waals surface area contributed by atoms with Crippen molar-refractivity contribution in [1.29, 1.82) is 0 Å². The first kappa shape index (κ1) is 13.8. The molecule has 17 heavy (non-hydrogen) atoms. The fraction of sp³-hybridized carbons (Fsp3) is 0.571. The number of benzene rings is 1. The highest BCUT2D eigenvalue weighted by molar-refractivity contribution is 5.54. The van der Waals surface area contributed by atoms with Crippen molar-refractivity contribution in [3.05, 3.63) is 24.3 Å². The van der Waals surface area contributed by atoms with Gasteiger partial charge in [-0.3, -0.25) is 0 Å². The molecule has 0 fully saturated rings. The molecule has 1 aromatic carbocycles. The Morgan fingerprint density at radius 3 is 2.06 bits per heavy atom. The van der Waals surface area contributed by atoms with Crippen LogP contribution < -0.4 is 10.2 Å². The van der Waals surface area contributed by atoms with Gasteiger partial charge in [-0.05, 0) is 37.1 Å². The van der Waals surface area contributed by atoms with Gasteiger partial charge in [-0.2, -0.15) is 0 Å². The van der Waals surface area contributed by atoms with Gasteiger partial charge in [-0.1, -0.05) is 13.8 Å². The van der Waals surface area contributed by atoms with Crippen LogP contribution in [-0.2, 0) is 0 Å². The second kappa shape index (κ2) is 5.92. The topological polar surface area (TPSA) is 35.5 Å². The lowest BCUT2D eigenvalue weighted by molar-refractivity contribution is 0.0457. The maximum atomic E-state index is 10.2. The normalized spacial score (nSPS) is 11.4. The Kier molecular flexibility index (Phi) is 4.82. The van der Waals surface area contributed by atoms with Gasteiger partial charge in [-0.15, -0.1) is 0 Å². The molecule has 0 unspecified atom stereocenters. The summed E-state index contributed by atoms with van der Waals surface area (Å²) in [6.07, 6.45) is 1.54. The molecule has 0 saturated heterocycles. The van der Waals surface area contributed by atoms with Crippen LogP contribution in [0, 0.1) is 0 Å². The van der Waals surface area contributed by atoms with Gasteiger partial charge in [0.2, 0.25) is 0 Å². The SMILES string of the molecule is CCC(O)(CC)CNc1ccc(N(C)C)cc1. The van der Waals surface area contributed by atoms with E-state index in [2.05, 4.69) is 22.3 Å². The maximum Gasteiger partial charge on any atom is 0.0814 e. The molecule has 0 atom stereocenters. The predicted molar refractivity (Wildman–Crippen MR) is 74.8 cm³/mol. The fourth-order valence-electron chi connectivity index (χ4n) is 1.64. The Balaban J connectivity index is 2.58. The number of anilines is 2. The number of nitrogens with zero attached hydrogens (tertiary/aromatic N) is 1. The predicted octanol–water partition coefficient (Wildman–Crippen LogP) is 2.72. The van der Waals surface area contributed by atoms with E-state index in [9.17, 15) is 5.11 Å². The van der Waals surface area contributed by atoms with Crippen LogP contribution in [0.25, 0.3) is 0 Å². The van der Waals surface area contributed by atoms with Gasteiger partial charge >= 0.3 is 0 Å². The second-order valence-electron chi connectivity index (χ2n) is 4.73. The van der Waals surface area contributed by atoms with E-state index in [1.165, 1.54) is 5.69 Å². The van der Waals surface area contributed by atoms with Crippen LogP contribution in [-0.4, -0.2) is 31.3 Å². The molecule has 1 rings (SSSR count). The van der Waals surface area contributed by atoms with Crippen molar-refractivity contribution < 1.29 is 5.11 Å². The summed E-state index contributed by atoms with van der Waals surface area (Å²) in [4.78, 5) is 2.07. The lowest BCUT2D eigenvalue weighted by Crippen LogP contribution is -2.35. The minimum absolute atomic E-state index is 0.597. The average molecular weight is 236 g/mol. The monoisotopic (exact) mass is 236 g/mol. The first-order valence-electron chi connectivity index (χ1n) is 6.24. The van der Waals surface area contributed by atoms with Crippen molar-refractivity contribution in [2.45, 2.75) is 32.3 Å². The molecule has 96 valence electrons. The minimum Gasteiger partial charge on any atom is -0.388 e. The zero-order valence-corrected chi connectivity index (χ0v) is 11.3. The van der Waals surface area contributed by atoms with E-state index in [4.69, 9.17) is 0 Å². The van der Waals surface area contributed by atoms with Gasteiger partial charge < -0.3 is 15.3 Å². The van der Waals surface area contributed by atoms with Crippen LogP contribution in [0.3, 0.4) is 0 Å². The first-order valence-corrected chi connectivity index (χ1v) is 6.24.